The minimum Gasteiger partial charge on any atom is -0.166 e. The van der Waals surface area contributed by atoms with E-state index in [1.165, 1.54) is 38.3 Å². The van der Waals surface area contributed by atoms with Crippen molar-refractivity contribution in [3.05, 3.63) is 84.7 Å². The second-order valence-corrected chi connectivity index (χ2v) is 12.9. The Labute approximate surface area is 237 Å². The van der Waals surface area contributed by atoms with Gasteiger partial charge in [0.1, 0.15) is 0 Å². The molecule has 1 N–H and O–H groups in total. The van der Waals surface area contributed by atoms with Crippen molar-refractivity contribution in [3.63, 3.8) is 0 Å². The molecule has 202 valence electrons. The molecule has 0 saturated carbocycles. The summed E-state index contributed by atoms with van der Waals surface area (Å²) in [5, 5.41) is 12.0. The molecule has 0 atom stereocenters. The van der Waals surface area contributed by atoms with Crippen molar-refractivity contribution in [2.24, 2.45) is 0 Å². The average Bonchev–Trinajstić information content (AvgIpc) is 3.71. The van der Waals surface area contributed by atoms with Gasteiger partial charge in [-0.05, 0) is 24.6 Å². The third-order valence-corrected chi connectivity index (χ3v) is 10.0. The molecule has 0 aliphatic carbocycles. The molecule has 1 fully saturated rings. The van der Waals surface area contributed by atoms with Crippen molar-refractivity contribution in [3.8, 4) is 17.0 Å². The Morgan fingerprint density at radius 1 is 1.03 bits per heavy atom. The minimum atomic E-state index is -3.81. The first-order valence-electron chi connectivity index (χ1n) is 12.5. The van der Waals surface area contributed by atoms with E-state index in [-0.39, 0.29) is 26.5 Å². The molecule has 6 rings (SSSR count). The van der Waals surface area contributed by atoms with E-state index in [0.717, 1.165) is 25.6 Å². The van der Waals surface area contributed by atoms with E-state index in [9.17, 15) is 8.42 Å². The Bertz CT molecular complexity index is 1710. The predicted octanol–water partition coefficient (Wildman–Crippen LogP) is 1.32. The maximum absolute atomic E-state index is 13.1. The van der Waals surface area contributed by atoms with Gasteiger partial charge in [-0.2, -0.15) is 17.6 Å². The van der Waals surface area contributed by atoms with Crippen LogP contribution in [0.25, 0.3) is 16.9 Å². The second-order valence-electron chi connectivity index (χ2n) is 9.32. The molecule has 0 unspecified atom stereocenters. The van der Waals surface area contributed by atoms with Crippen LogP contribution in [-0.4, -0.2) is 54.7 Å². The van der Waals surface area contributed by atoms with Gasteiger partial charge in [-0.25, -0.2) is 0 Å². The van der Waals surface area contributed by atoms with E-state index in [0.29, 0.717) is 22.9 Å². The summed E-state index contributed by atoms with van der Waals surface area (Å²) in [5.41, 5.74) is 3.60. The Hall–Kier alpha value is -3.49. The van der Waals surface area contributed by atoms with Crippen molar-refractivity contribution in [1.29, 1.82) is 0 Å². The van der Waals surface area contributed by atoms with Crippen molar-refractivity contribution in [1.82, 2.24) is 28.7 Å². The zero-order valence-electron chi connectivity index (χ0n) is 21.2. The van der Waals surface area contributed by atoms with Crippen LogP contribution in [0.5, 0.6) is 5.75 Å². The van der Waals surface area contributed by atoms with E-state index in [4.69, 9.17) is 3.07 Å². The van der Waals surface area contributed by atoms with Crippen LogP contribution in [-0.2, 0) is 10.0 Å². The number of aromatic nitrogens is 5. The summed E-state index contributed by atoms with van der Waals surface area (Å²) in [5.74, 6) is 1.30. The standard InChI is InChI=1S/C27H27IN7O3S/c1-20-6-4-7-24(16-20)39(36,37)34-18-21(17-29-34)25-8-5-9-26-31-27(32-35(25)26)30-22-10-12-23(13-11-22)38-28-19-33-14-2-3-15-33/h4-13,16-18H,2-3,14-15,19H2,1H3,(H,30,32)/q-1. The van der Waals surface area contributed by atoms with Crippen LogP contribution >= 0.6 is 0 Å². The number of halogens is 1. The molecule has 1 aliphatic heterocycles. The third-order valence-electron chi connectivity index (χ3n) is 6.42. The number of hydrogen-bond acceptors (Lipinski definition) is 8. The summed E-state index contributed by atoms with van der Waals surface area (Å²) < 4.78 is 35.9. The normalized spacial score (nSPS) is 14.3. The maximum atomic E-state index is 13.1. The fourth-order valence-corrected chi connectivity index (χ4v) is 7.50. The molecule has 0 amide bonds. The van der Waals surface area contributed by atoms with E-state index >= 15 is 0 Å². The summed E-state index contributed by atoms with van der Waals surface area (Å²) >= 11 is -0.354. The number of nitrogens with zero attached hydrogens (tertiary/aromatic N) is 6. The van der Waals surface area contributed by atoms with Crippen LogP contribution in [0.15, 0.2) is 84.0 Å². The molecule has 2 aromatic carbocycles. The Kier molecular flexibility index (Phi) is 7.23. The van der Waals surface area contributed by atoms with Gasteiger partial charge in [0.05, 0.1) is 4.90 Å². The van der Waals surface area contributed by atoms with Gasteiger partial charge >= 0.3 is 169 Å². The summed E-state index contributed by atoms with van der Waals surface area (Å²) in [6, 6.07) is 20.1. The number of anilines is 2. The SMILES string of the molecule is Cc1cccc(S(=O)(=O)n2cc(-c3cccc4nc(Nc5ccc(O[I-]CN6CCCC6)cc5)nn34)cn2)c1. The molecular weight excluding hydrogens is 629 g/mol. The van der Waals surface area contributed by atoms with Gasteiger partial charge in [-0.1, -0.05) is 12.1 Å². The fourth-order valence-electron chi connectivity index (χ4n) is 4.41. The zero-order chi connectivity index (χ0) is 26.8. The van der Waals surface area contributed by atoms with Crippen LogP contribution in [0.4, 0.5) is 11.6 Å². The molecule has 12 heteroatoms. The Morgan fingerprint density at radius 3 is 2.62 bits per heavy atom. The number of benzene rings is 2. The molecule has 1 aliphatic rings. The number of pyridine rings is 1. The molecule has 5 aromatic rings. The zero-order valence-corrected chi connectivity index (χ0v) is 24.2. The molecule has 1 saturated heterocycles. The van der Waals surface area contributed by atoms with Crippen molar-refractivity contribution < 1.29 is 33.1 Å². The monoisotopic (exact) mass is 656 g/mol. The molecule has 39 heavy (non-hydrogen) atoms. The van der Waals surface area contributed by atoms with E-state index < -0.39 is 10.0 Å². The van der Waals surface area contributed by atoms with Crippen LogP contribution in [0, 0.1) is 6.92 Å². The van der Waals surface area contributed by atoms with Gasteiger partial charge in [0.2, 0.25) is 0 Å². The average molecular weight is 657 g/mol. The Balaban J connectivity index is 1.18. The number of hydrogen-bond donors (Lipinski definition) is 1. The number of nitrogens with one attached hydrogen (secondary N) is 1. The summed E-state index contributed by atoms with van der Waals surface area (Å²) in [4.78, 5) is 7.25. The van der Waals surface area contributed by atoms with E-state index in [1.807, 2.05) is 55.5 Å². The molecule has 4 heterocycles. The molecular formula is C27H27IN7O3S-. The molecule has 10 nitrogen and oxygen atoms in total. The predicted molar refractivity (Wildman–Crippen MR) is 144 cm³/mol. The van der Waals surface area contributed by atoms with Gasteiger partial charge in [-0.3, -0.25) is 0 Å². The van der Waals surface area contributed by atoms with Crippen LogP contribution in [0.3, 0.4) is 0 Å². The summed E-state index contributed by atoms with van der Waals surface area (Å²) in [7, 11) is -3.81. The first-order chi connectivity index (χ1) is 19.0. The molecule has 0 spiro atoms. The second kappa shape index (κ2) is 10.9. The number of alkyl halides is 1. The number of aryl methyl sites for hydroxylation is 1. The summed E-state index contributed by atoms with van der Waals surface area (Å²) in [6.07, 6.45) is 5.60. The van der Waals surface area contributed by atoms with E-state index in [1.54, 1.807) is 22.7 Å². The van der Waals surface area contributed by atoms with Crippen LogP contribution < -0.4 is 30.0 Å². The summed E-state index contributed by atoms with van der Waals surface area (Å²) in [6.45, 7) is 4.23. The molecule has 0 radical (unpaired) electrons. The van der Waals surface area contributed by atoms with Gasteiger partial charge in [0.15, 0.2) is 0 Å². The molecule has 3 aromatic heterocycles. The Morgan fingerprint density at radius 2 is 1.82 bits per heavy atom. The number of rotatable bonds is 9. The quantitative estimate of drug-likeness (QED) is 0.144. The minimum absolute atomic E-state index is 0.187. The van der Waals surface area contributed by atoms with Gasteiger partial charge in [-0.15, -0.1) is 0 Å². The first-order valence-corrected chi connectivity index (χ1v) is 16.4. The van der Waals surface area contributed by atoms with Crippen molar-refractivity contribution >= 4 is 27.3 Å². The van der Waals surface area contributed by atoms with Crippen LogP contribution in [0.2, 0.25) is 0 Å². The topological polar surface area (TPSA) is 107 Å². The van der Waals surface area contributed by atoms with E-state index in [2.05, 4.69) is 25.4 Å². The number of fused-ring (bicyclic) bond motifs is 1. The van der Waals surface area contributed by atoms with Gasteiger partial charge in [0, 0.05) is 0 Å². The van der Waals surface area contributed by atoms with Crippen molar-refractivity contribution in [2.75, 3.05) is 23.0 Å². The van der Waals surface area contributed by atoms with Gasteiger partial charge < -0.3 is 0 Å². The fraction of sp³-hybridized carbons (Fsp3) is 0.222. The van der Waals surface area contributed by atoms with Crippen molar-refractivity contribution in [2.45, 2.75) is 24.7 Å². The molecule has 0 bridgehead atoms. The first kappa shape index (κ1) is 25.8. The smallest absolute Gasteiger partial charge is 0.166 e. The van der Waals surface area contributed by atoms with Gasteiger partial charge in [0.25, 0.3) is 10.0 Å². The van der Waals surface area contributed by atoms with Crippen LogP contribution in [0.1, 0.15) is 18.4 Å². The third kappa shape index (κ3) is 5.63. The number of likely N-dealkylation sites (tertiary alicyclic amines) is 1.